The molecule has 8 heteroatoms. The molecule has 6 nitrogen and oxygen atoms in total. The summed E-state index contributed by atoms with van der Waals surface area (Å²) >= 11 is 0. The molecule has 1 fully saturated rings. The van der Waals surface area contributed by atoms with E-state index in [1.54, 1.807) is 18.2 Å². The van der Waals surface area contributed by atoms with Gasteiger partial charge in [-0.15, -0.1) is 0 Å². The third-order valence-corrected chi connectivity index (χ3v) is 5.58. The van der Waals surface area contributed by atoms with Gasteiger partial charge < -0.3 is 10.1 Å². The summed E-state index contributed by atoms with van der Waals surface area (Å²) < 4.78 is 41.2. The molecule has 0 bridgehead atoms. The van der Waals surface area contributed by atoms with Crippen molar-refractivity contribution < 1.29 is 27.1 Å². The number of halogens is 1. The Balaban J connectivity index is 1.76. The highest BCUT2D eigenvalue weighted by atomic mass is 32.2. The highest BCUT2D eigenvalue weighted by Crippen LogP contribution is 2.12. The molecule has 1 aromatic rings. The van der Waals surface area contributed by atoms with Gasteiger partial charge in [-0.1, -0.05) is 18.2 Å². The number of hydrogen-bond acceptors (Lipinski definition) is 5. The summed E-state index contributed by atoms with van der Waals surface area (Å²) in [6.45, 7) is 1.42. The molecule has 132 valence electrons. The van der Waals surface area contributed by atoms with Crippen molar-refractivity contribution >= 4 is 21.7 Å². The van der Waals surface area contributed by atoms with Gasteiger partial charge in [0.05, 0.1) is 11.5 Å². The zero-order valence-corrected chi connectivity index (χ0v) is 14.1. The minimum Gasteiger partial charge on any atom is -0.453 e. The van der Waals surface area contributed by atoms with Gasteiger partial charge in [-0.25, -0.2) is 12.8 Å². The normalized spacial score (nSPS) is 20.3. The number of nitrogens with one attached hydrogen (secondary N) is 1. The second-order valence-electron chi connectivity index (χ2n) is 5.83. The second kappa shape index (κ2) is 7.74. The summed E-state index contributed by atoms with van der Waals surface area (Å²) in [6, 6.07) is 5.69. The van der Waals surface area contributed by atoms with Crippen molar-refractivity contribution in [3.05, 3.63) is 35.6 Å². The predicted octanol–water partition coefficient (Wildman–Crippen LogP) is 0.993. The zero-order valence-electron chi connectivity index (χ0n) is 13.3. The molecule has 1 aliphatic rings. The number of amides is 1. The Morgan fingerprint density at radius 2 is 2.08 bits per heavy atom. The van der Waals surface area contributed by atoms with Crippen LogP contribution in [-0.4, -0.2) is 43.9 Å². The summed E-state index contributed by atoms with van der Waals surface area (Å²) in [5, 5.41) is 2.57. The van der Waals surface area contributed by atoms with Crippen molar-refractivity contribution in [2.24, 2.45) is 0 Å². The SMILES string of the molecule is C[C@H](OC(=O)CCc1ccccc1F)C(=O)N[C@H]1CCS(=O)(=O)C1. The van der Waals surface area contributed by atoms with Crippen LogP contribution in [0.3, 0.4) is 0 Å². The van der Waals surface area contributed by atoms with Gasteiger partial charge in [-0.3, -0.25) is 9.59 Å². The number of carbonyl (C=O) groups is 2. The Morgan fingerprint density at radius 1 is 1.38 bits per heavy atom. The molecule has 1 saturated heterocycles. The highest BCUT2D eigenvalue weighted by molar-refractivity contribution is 7.91. The molecule has 2 rings (SSSR count). The van der Waals surface area contributed by atoms with Crippen LogP contribution in [0.25, 0.3) is 0 Å². The van der Waals surface area contributed by atoms with Crippen LogP contribution >= 0.6 is 0 Å². The molecular weight excluding hydrogens is 337 g/mol. The van der Waals surface area contributed by atoms with Crippen molar-refractivity contribution in [1.82, 2.24) is 5.32 Å². The van der Waals surface area contributed by atoms with E-state index < -0.39 is 39.7 Å². The van der Waals surface area contributed by atoms with Crippen LogP contribution in [-0.2, 0) is 30.6 Å². The first-order valence-corrected chi connectivity index (χ1v) is 9.52. The number of carbonyl (C=O) groups excluding carboxylic acids is 2. The van der Waals surface area contributed by atoms with E-state index in [1.807, 2.05) is 0 Å². The largest absolute Gasteiger partial charge is 0.453 e. The second-order valence-corrected chi connectivity index (χ2v) is 8.06. The van der Waals surface area contributed by atoms with E-state index in [1.165, 1.54) is 13.0 Å². The van der Waals surface area contributed by atoms with Crippen LogP contribution in [0.5, 0.6) is 0 Å². The van der Waals surface area contributed by atoms with Gasteiger partial charge in [0.1, 0.15) is 5.82 Å². The van der Waals surface area contributed by atoms with E-state index in [0.717, 1.165) is 0 Å². The van der Waals surface area contributed by atoms with E-state index in [4.69, 9.17) is 4.74 Å². The lowest BCUT2D eigenvalue weighted by Gasteiger charge is -2.16. The van der Waals surface area contributed by atoms with Crippen LogP contribution < -0.4 is 5.32 Å². The third kappa shape index (κ3) is 5.30. The first kappa shape index (κ1) is 18.4. The fourth-order valence-corrected chi connectivity index (χ4v) is 4.15. The van der Waals surface area contributed by atoms with Gasteiger partial charge in [0.25, 0.3) is 5.91 Å². The van der Waals surface area contributed by atoms with Crippen LogP contribution in [0.15, 0.2) is 24.3 Å². The Bertz CT molecular complexity index is 719. The lowest BCUT2D eigenvalue weighted by atomic mass is 10.1. The van der Waals surface area contributed by atoms with Crippen molar-refractivity contribution in [2.75, 3.05) is 11.5 Å². The summed E-state index contributed by atoms with van der Waals surface area (Å²) in [7, 11) is -3.09. The van der Waals surface area contributed by atoms with Crippen molar-refractivity contribution in [3.8, 4) is 0 Å². The van der Waals surface area contributed by atoms with Crippen LogP contribution in [0.2, 0.25) is 0 Å². The first-order chi connectivity index (χ1) is 11.3. The Kier molecular flexibility index (Phi) is 5.93. The first-order valence-electron chi connectivity index (χ1n) is 7.70. The lowest BCUT2D eigenvalue weighted by Crippen LogP contribution is -2.42. The number of benzene rings is 1. The fraction of sp³-hybridized carbons (Fsp3) is 0.500. The molecule has 1 heterocycles. The van der Waals surface area contributed by atoms with Crippen molar-refractivity contribution in [1.29, 1.82) is 0 Å². The van der Waals surface area contributed by atoms with Gasteiger partial charge in [-0.05, 0) is 31.4 Å². The number of aryl methyl sites for hydroxylation is 1. The molecule has 1 aliphatic heterocycles. The maximum Gasteiger partial charge on any atom is 0.306 e. The molecule has 1 N–H and O–H groups in total. The molecule has 0 aliphatic carbocycles. The summed E-state index contributed by atoms with van der Waals surface area (Å²) in [6.07, 6.45) is -0.527. The van der Waals surface area contributed by atoms with E-state index in [0.29, 0.717) is 12.0 Å². The molecule has 0 radical (unpaired) electrons. The van der Waals surface area contributed by atoms with Crippen LogP contribution in [0.1, 0.15) is 25.3 Å². The summed E-state index contributed by atoms with van der Waals surface area (Å²) in [5.74, 6) is -1.57. The summed E-state index contributed by atoms with van der Waals surface area (Å²) in [5.41, 5.74) is 0.405. The highest BCUT2D eigenvalue weighted by Gasteiger charge is 2.30. The molecule has 1 amide bonds. The quantitative estimate of drug-likeness (QED) is 0.767. The molecule has 0 unspecified atom stereocenters. The third-order valence-electron chi connectivity index (χ3n) is 3.81. The zero-order chi connectivity index (χ0) is 17.7. The number of hydrogen-bond donors (Lipinski definition) is 1. The van der Waals surface area contributed by atoms with Gasteiger partial charge in [-0.2, -0.15) is 0 Å². The Morgan fingerprint density at radius 3 is 2.71 bits per heavy atom. The fourth-order valence-electron chi connectivity index (χ4n) is 2.47. The van der Waals surface area contributed by atoms with Gasteiger partial charge in [0, 0.05) is 12.5 Å². The van der Waals surface area contributed by atoms with Crippen molar-refractivity contribution in [2.45, 2.75) is 38.3 Å². The Hall–Kier alpha value is -1.96. The Labute approximate surface area is 140 Å². The number of ether oxygens (including phenoxy) is 1. The van der Waals surface area contributed by atoms with Gasteiger partial charge in [0.15, 0.2) is 15.9 Å². The summed E-state index contributed by atoms with van der Waals surface area (Å²) in [4.78, 5) is 23.7. The molecular formula is C16H20FNO5S. The van der Waals surface area contributed by atoms with E-state index in [-0.39, 0.29) is 24.3 Å². The monoisotopic (exact) mass is 357 g/mol. The van der Waals surface area contributed by atoms with E-state index >= 15 is 0 Å². The standard InChI is InChI=1S/C16H20FNO5S/c1-11(16(20)18-13-8-9-24(21,22)10-13)23-15(19)7-6-12-4-2-3-5-14(12)17/h2-5,11,13H,6-10H2,1H3,(H,18,20)/t11-,13-/m0/s1. The van der Waals surface area contributed by atoms with E-state index in [2.05, 4.69) is 5.32 Å². The predicted molar refractivity (Wildman–Crippen MR) is 85.5 cm³/mol. The number of rotatable bonds is 6. The molecule has 1 aromatic carbocycles. The number of esters is 1. The topological polar surface area (TPSA) is 89.5 Å². The maximum absolute atomic E-state index is 13.5. The van der Waals surface area contributed by atoms with Gasteiger partial charge in [0.2, 0.25) is 0 Å². The van der Waals surface area contributed by atoms with Gasteiger partial charge >= 0.3 is 5.97 Å². The average Bonchev–Trinajstić information content (AvgIpc) is 2.85. The average molecular weight is 357 g/mol. The minimum atomic E-state index is -3.09. The molecule has 0 aromatic heterocycles. The van der Waals surface area contributed by atoms with E-state index in [9.17, 15) is 22.4 Å². The van der Waals surface area contributed by atoms with Crippen molar-refractivity contribution in [3.63, 3.8) is 0 Å². The number of sulfone groups is 1. The minimum absolute atomic E-state index is 0.0453. The molecule has 2 atom stereocenters. The molecule has 24 heavy (non-hydrogen) atoms. The smallest absolute Gasteiger partial charge is 0.306 e. The van der Waals surface area contributed by atoms with Crippen LogP contribution in [0, 0.1) is 5.82 Å². The lowest BCUT2D eigenvalue weighted by molar-refractivity contribution is -0.155. The molecule has 0 spiro atoms. The van der Waals surface area contributed by atoms with Crippen LogP contribution in [0.4, 0.5) is 4.39 Å². The maximum atomic E-state index is 13.5. The molecule has 0 saturated carbocycles.